The largest absolute Gasteiger partial charge is 0.497 e. The standard InChI is InChI=1S/C23H20BrN3O3/c1-14-8-9-27-13-20(25-22(27)10-14)15-4-7-21(30-3)19(11-15)26-23(28)17-12-16(29-2)5-6-18(17)24/h4-13H,1-3H3,(H,26,28). The molecule has 0 fully saturated rings. The van der Waals surface area contributed by atoms with Crippen molar-refractivity contribution in [3.63, 3.8) is 0 Å². The summed E-state index contributed by atoms with van der Waals surface area (Å²) in [6, 6.07) is 14.9. The Kier molecular flexibility index (Phi) is 5.46. The Labute approximate surface area is 182 Å². The van der Waals surface area contributed by atoms with E-state index in [0.29, 0.717) is 27.2 Å². The molecule has 6 nitrogen and oxygen atoms in total. The molecule has 2 aromatic heterocycles. The van der Waals surface area contributed by atoms with Crippen molar-refractivity contribution in [2.45, 2.75) is 6.92 Å². The second-order valence-corrected chi connectivity index (χ2v) is 7.67. The lowest BCUT2D eigenvalue weighted by molar-refractivity contribution is 0.102. The first-order chi connectivity index (χ1) is 14.5. The number of hydrogen-bond acceptors (Lipinski definition) is 4. The van der Waals surface area contributed by atoms with Crippen LogP contribution in [-0.2, 0) is 0 Å². The number of nitrogens with one attached hydrogen (secondary N) is 1. The number of anilines is 1. The molecule has 30 heavy (non-hydrogen) atoms. The van der Waals surface area contributed by atoms with Gasteiger partial charge in [0.1, 0.15) is 17.1 Å². The summed E-state index contributed by atoms with van der Waals surface area (Å²) in [6.45, 7) is 2.03. The number of hydrogen-bond donors (Lipinski definition) is 1. The van der Waals surface area contributed by atoms with E-state index in [1.54, 1.807) is 32.4 Å². The SMILES string of the molecule is COc1ccc(Br)c(C(=O)Nc2cc(-c3cn4ccc(C)cc4n3)ccc2OC)c1. The van der Waals surface area contributed by atoms with Crippen molar-refractivity contribution in [3.05, 3.63) is 76.5 Å². The van der Waals surface area contributed by atoms with Crippen LogP contribution >= 0.6 is 15.9 Å². The predicted octanol–water partition coefficient (Wildman–Crippen LogP) is 5.34. The number of ether oxygens (including phenoxy) is 2. The van der Waals surface area contributed by atoms with Crippen LogP contribution in [-0.4, -0.2) is 29.5 Å². The monoisotopic (exact) mass is 465 g/mol. The summed E-state index contributed by atoms with van der Waals surface area (Å²) >= 11 is 3.43. The number of aromatic nitrogens is 2. The zero-order valence-corrected chi connectivity index (χ0v) is 18.4. The summed E-state index contributed by atoms with van der Waals surface area (Å²) in [6.07, 6.45) is 3.94. The Hall–Kier alpha value is -3.32. The number of methoxy groups -OCH3 is 2. The van der Waals surface area contributed by atoms with E-state index in [0.717, 1.165) is 22.5 Å². The number of halogens is 1. The van der Waals surface area contributed by atoms with Crippen LogP contribution in [0.1, 0.15) is 15.9 Å². The van der Waals surface area contributed by atoms with Crippen LogP contribution in [0.25, 0.3) is 16.9 Å². The number of rotatable bonds is 5. The van der Waals surface area contributed by atoms with Gasteiger partial charge in [0.25, 0.3) is 5.91 Å². The third-order valence-corrected chi connectivity index (χ3v) is 5.47. The highest BCUT2D eigenvalue weighted by Gasteiger charge is 2.15. The molecule has 0 saturated heterocycles. The van der Waals surface area contributed by atoms with E-state index in [1.807, 2.05) is 54.0 Å². The summed E-state index contributed by atoms with van der Waals surface area (Å²) in [5.41, 5.74) is 4.71. The molecule has 0 aliphatic rings. The van der Waals surface area contributed by atoms with Crippen molar-refractivity contribution in [3.8, 4) is 22.8 Å². The predicted molar refractivity (Wildman–Crippen MR) is 121 cm³/mol. The fraction of sp³-hybridized carbons (Fsp3) is 0.130. The van der Waals surface area contributed by atoms with Crippen LogP contribution in [0.3, 0.4) is 0 Å². The normalized spacial score (nSPS) is 10.8. The number of pyridine rings is 1. The van der Waals surface area contributed by atoms with E-state index < -0.39 is 0 Å². The highest BCUT2D eigenvalue weighted by atomic mass is 79.9. The van der Waals surface area contributed by atoms with Crippen molar-refractivity contribution >= 4 is 33.2 Å². The number of carbonyl (C=O) groups is 1. The molecule has 0 unspecified atom stereocenters. The van der Waals surface area contributed by atoms with Gasteiger partial charge >= 0.3 is 0 Å². The first-order valence-corrected chi connectivity index (χ1v) is 10.1. The molecular weight excluding hydrogens is 446 g/mol. The first kappa shape index (κ1) is 20.0. The number of amides is 1. The minimum Gasteiger partial charge on any atom is -0.497 e. The lowest BCUT2D eigenvalue weighted by Crippen LogP contribution is -2.13. The first-order valence-electron chi connectivity index (χ1n) is 9.27. The molecule has 152 valence electrons. The second-order valence-electron chi connectivity index (χ2n) is 6.81. The number of fused-ring (bicyclic) bond motifs is 1. The molecule has 0 radical (unpaired) electrons. The van der Waals surface area contributed by atoms with Gasteiger partial charge in [-0.1, -0.05) is 0 Å². The number of carbonyl (C=O) groups excluding carboxylic acids is 1. The molecule has 7 heteroatoms. The van der Waals surface area contributed by atoms with Gasteiger partial charge in [0, 0.05) is 22.4 Å². The minimum atomic E-state index is -0.276. The Bertz CT molecular complexity index is 1250. The molecule has 0 spiro atoms. The smallest absolute Gasteiger partial charge is 0.257 e. The maximum Gasteiger partial charge on any atom is 0.257 e. The van der Waals surface area contributed by atoms with Gasteiger partial charge in [-0.15, -0.1) is 0 Å². The van der Waals surface area contributed by atoms with Gasteiger partial charge in [-0.2, -0.15) is 0 Å². The van der Waals surface area contributed by atoms with Gasteiger partial charge in [0.05, 0.1) is 31.2 Å². The van der Waals surface area contributed by atoms with Crippen molar-refractivity contribution in [1.29, 1.82) is 0 Å². The molecular formula is C23H20BrN3O3. The van der Waals surface area contributed by atoms with Crippen molar-refractivity contribution in [1.82, 2.24) is 9.38 Å². The minimum absolute atomic E-state index is 0.276. The van der Waals surface area contributed by atoms with E-state index in [4.69, 9.17) is 14.5 Å². The molecule has 0 bridgehead atoms. The quantitative estimate of drug-likeness (QED) is 0.431. The second kappa shape index (κ2) is 8.20. The van der Waals surface area contributed by atoms with Crippen LogP contribution in [0, 0.1) is 6.92 Å². The van der Waals surface area contributed by atoms with Crippen LogP contribution < -0.4 is 14.8 Å². The van der Waals surface area contributed by atoms with Gasteiger partial charge in [0.15, 0.2) is 0 Å². The highest BCUT2D eigenvalue weighted by Crippen LogP contribution is 2.32. The molecule has 2 aromatic carbocycles. The highest BCUT2D eigenvalue weighted by molar-refractivity contribution is 9.10. The molecule has 4 aromatic rings. The zero-order chi connectivity index (χ0) is 21.3. The Morgan fingerprint density at radius 3 is 2.67 bits per heavy atom. The van der Waals surface area contributed by atoms with Gasteiger partial charge in [0.2, 0.25) is 0 Å². The number of imidazole rings is 1. The van der Waals surface area contributed by atoms with Gasteiger partial charge in [-0.25, -0.2) is 4.98 Å². The number of nitrogens with zero attached hydrogens (tertiary/aromatic N) is 2. The molecule has 1 amide bonds. The van der Waals surface area contributed by atoms with E-state index in [-0.39, 0.29) is 5.91 Å². The van der Waals surface area contributed by atoms with E-state index >= 15 is 0 Å². The van der Waals surface area contributed by atoms with Gasteiger partial charge in [-0.3, -0.25) is 4.79 Å². The average molecular weight is 466 g/mol. The van der Waals surface area contributed by atoms with Gasteiger partial charge in [-0.05, 0) is 76.9 Å². The Balaban J connectivity index is 1.70. The van der Waals surface area contributed by atoms with E-state index in [1.165, 1.54) is 0 Å². The molecule has 2 heterocycles. The average Bonchev–Trinajstić information content (AvgIpc) is 3.17. The third kappa shape index (κ3) is 3.89. The molecule has 0 saturated carbocycles. The number of benzene rings is 2. The van der Waals surface area contributed by atoms with Crippen molar-refractivity contribution < 1.29 is 14.3 Å². The molecule has 0 aliphatic heterocycles. The summed E-state index contributed by atoms with van der Waals surface area (Å²) in [7, 11) is 3.13. The molecule has 1 N–H and O–H groups in total. The van der Waals surface area contributed by atoms with E-state index in [9.17, 15) is 4.79 Å². The van der Waals surface area contributed by atoms with Gasteiger partial charge < -0.3 is 19.2 Å². The maximum atomic E-state index is 12.9. The fourth-order valence-electron chi connectivity index (χ4n) is 3.18. The topological polar surface area (TPSA) is 64.9 Å². The summed E-state index contributed by atoms with van der Waals surface area (Å²) < 4.78 is 13.3. The molecule has 0 atom stereocenters. The Morgan fingerprint density at radius 2 is 1.90 bits per heavy atom. The van der Waals surface area contributed by atoms with Crippen LogP contribution in [0.15, 0.2) is 65.4 Å². The lowest BCUT2D eigenvalue weighted by Gasteiger charge is -2.13. The van der Waals surface area contributed by atoms with Crippen LogP contribution in [0.4, 0.5) is 5.69 Å². The third-order valence-electron chi connectivity index (χ3n) is 4.78. The summed E-state index contributed by atoms with van der Waals surface area (Å²) in [4.78, 5) is 17.6. The van der Waals surface area contributed by atoms with Crippen molar-refractivity contribution in [2.75, 3.05) is 19.5 Å². The fourth-order valence-corrected chi connectivity index (χ4v) is 3.61. The number of aryl methyl sites for hydroxylation is 1. The maximum absolute atomic E-state index is 12.9. The Morgan fingerprint density at radius 1 is 1.07 bits per heavy atom. The zero-order valence-electron chi connectivity index (χ0n) is 16.8. The summed E-state index contributed by atoms with van der Waals surface area (Å²) in [5, 5.41) is 2.94. The lowest BCUT2D eigenvalue weighted by atomic mass is 10.1. The van der Waals surface area contributed by atoms with E-state index in [2.05, 4.69) is 21.2 Å². The molecule has 4 rings (SSSR count). The van der Waals surface area contributed by atoms with Crippen molar-refractivity contribution in [2.24, 2.45) is 0 Å². The summed E-state index contributed by atoms with van der Waals surface area (Å²) in [5.74, 6) is 0.886. The molecule has 0 aliphatic carbocycles. The van der Waals surface area contributed by atoms with Crippen LogP contribution in [0.2, 0.25) is 0 Å². The van der Waals surface area contributed by atoms with Crippen LogP contribution in [0.5, 0.6) is 11.5 Å².